The molecule has 0 spiro atoms. The Morgan fingerprint density at radius 1 is 1.29 bits per heavy atom. The third kappa shape index (κ3) is 1.78. The number of aryl methyl sites for hydroxylation is 1. The summed E-state index contributed by atoms with van der Waals surface area (Å²) in [4.78, 5) is 28.8. The third-order valence-corrected chi connectivity index (χ3v) is 3.54. The molecule has 2 aromatic heterocycles. The van der Waals surface area contributed by atoms with E-state index in [2.05, 4.69) is 4.98 Å². The van der Waals surface area contributed by atoms with Crippen LogP contribution in [0, 0.1) is 0 Å². The van der Waals surface area contributed by atoms with Gasteiger partial charge in [-0.3, -0.25) is 13.9 Å². The summed E-state index contributed by atoms with van der Waals surface area (Å²) in [5.41, 5.74) is -0.197. The zero-order valence-electron chi connectivity index (χ0n) is 9.93. The van der Waals surface area contributed by atoms with Crippen LogP contribution in [0.5, 0.6) is 0 Å². The summed E-state index contributed by atoms with van der Waals surface area (Å²) in [6.45, 7) is 2.02. The topological polar surface area (TPSA) is 56.9 Å². The van der Waals surface area contributed by atoms with E-state index in [9.17, 15) is 9.59 Å². The molecule has 0 aromatic carbocycles. The van der Waals surface area contributed by atoms with E-state index in [4.69, 9.17) is 0 Å². The summed E-state index contributed by atoms with van der Waals surface area (Å²) in [6, 6.07) is 1.81. The number of thioether (sulfide) groups is 1. The van der Waals surface area contributed by atoms with Gasteiger partial charge in [0.2, 0.25) is 0 Å². The molecule has 0 atom stereocenters. The first-order chi connectivity index (χ1) is 8.07. The lowest BCUT2D eigenvalue weighted by atomic mass is 10.3. The van der Waals surface area contributed by atoms with Crippen LogP contribution in [0.3, 0.4) is 0 Å². The van der Waals surface area contributed by atoms with Crippen molar-refractivity contribution in [3.8, 4) is 0 Å². The average molecular weight is 251 g/mol. The predicted octanol–water partition coefficient (Wildman–Crippen LogP) is 0.744. The highest BCUT2D eigenvalue weighted by Crippen LogP contribution is 2.22. The van der Waals surface area contributed by atoms with Gasteiger partial charge >= 0.3 is 5.69 Å². The highest BCUT2D eigenvalue weighted by atomic mass is 32.2. The minimum Gasteiger partial charge on any atom is -0.280 e. The smallest absolute Gasteiger partial charge is 0.280 e. The number of nitrogens with zero attached hydrogens (tertiary/aromatic N) is 3. The van der Waals surface area contributed by atoms with E-state index >= 15 is 0 Å². The first-order valence-electron chi connectivity index (χ1n) is 5.25. The molecule has 0 bridgehead atoms. The lowest BCUT2D eigenvalue weighted by Crippen LogP contribution is -2.37. The number of hydrogen-bond acceptors (Lipinski definition) is 4. The number of fused-ring (bicyclic) bond motifs is 1. The Balaban J connectivity index is 3.01. The molecule has 0 radical (unpaired) electrons. The van der Waals surface area contributed by atoms with E-state index in [1.165, 1.54) is 11.6 Å². The largest absolute Gasteiger partial charge is 0.332 e. The lowest BCUT2D eigenvalue weighted by Gasteiger charge is -2.08. The molecule has 6 heteroatoms. The van der Waals surface area contributed by atoms with E-state index in [0.29, 0.717) is 11.0 Å². The van der Waals surface area contributed by atoms with Gasteiger partial charge in [0.05, 0.1) is 5.39 Å². The predicted molar refractivity (Wildman–Crippen MR) is 68.6 cm³/mol. The van der Waals surface area contributed by atoms with E-state index in [0.717, 1.165) is 15.2 Å². The normalized spacial score (nSPS) is 11.0. The highest BCUT2D eigenvalue weighted by molar-refractivity contribution is 7.99. The van der Waals surface area contributed by atoms with Gasteiger partial charge in [0.1, 0.15) is 5.65 Å². The highest BCUT2D eigenvalue weighted by Gasteiger charge is 2.12. The maximum Gasteiger partial charge on any atom is 0.332 e. The average Bonchev–Trinajstić information content (AvgIpc) is 2.34. The van der Waals surface area contributed by atoms with Crippen LogP contribution in [0.25, 0.3) is 11.0 Å². The van der Waals surface area contributed by atoms with Gasteiger partial charge in [0, 0.05) is 25.2 Å². The fourth-order valence-electron chi connectivity index (χ4n) is 1.73. The quantitative estimate of drug-likeness (QED) is 0.739. The Labute approximate surface area is 102 Å². The van der Waals surface area contributed by atoms with E-state index in [1.54, 1.807) is 25.0 Å². The van der Waals surface area contributed by atoms with E-state index < -0.39 is 0 Å². The molecule has 0 aliphatic rings. The van der Waals surface area contributed by atoms with Crippen LogP contribution < -0.4 is 11.2 Å². The summed E-state index contributed by atoms with van der Waals surface area (Å²) < 4.78 is 2.51. The first kappa shape index (κ1) is 11.9. The summed E-state index contributed by atoms with van der Waals surface area (Å²) in [5, 5.41) is 0.518. The van der Waals surface area contributed by atoms with Crippen LogP contribution in [0.1, 0.15) is 6.92 Å². The number of pyridine rings is 1. The van der Waals surface area contributed by atoms with Crippen molar-refractivity contribution < 1.29 is 0 Å². The Kier molecular flexibility index (Phi) is 3.06. The van der Waals surface area contributed by atoms with Crippen molar-refractivity contribution >= 4 is 22.8 Å². The van der Waals surface area contributed by atoms with Crippen molar-refractivity contribution in [1.29, 1.82) is 0 Å². The van der Waals surface area contributed by atoms with Gasteiger partial charge in [-0.05, 0) is 11.8 Å². The standard InChI is InChI=1S/C11H13N3O2S/c1-4-17-7-5-6-12-9-8(7)10(15)14(3)11(16)13(9)2/h5-6H,4H2,1-3H3. The summed E-state index contributed by atoms with van der Waals surface area (Å²) in [7, 11) is 3.11. The molecule has 90 valence electrons. The van der Waals surface area contributed by atoms with E-state index in [-0.39, 0.29) is 11.2 Å². The molecular weight excluding hydrogens is 238 g/mol. The Bertz CT molecular complexity index is 687. The van der Waals surface area contributed by atoms with Gasteiger partial charge in [-0.2, -0.15) is 0 Å². The van der Waals surface area contributed by atoms with Crippen LogP contribution in [0.2, 0.25) is 0 Å². The molecule has 2 aromatic rings. The van der Waals surface area contributed by atoms with Crippen molar-refractivity contribution in [2.75, 3.05) is 5.75 Å². The fourth-order valence-corrected chi connectivity index (χ4v) is 2.53. The monoisotopic (exact) mass is 251 g/mol. The van der Waals surface area contributed by atoms with E-state index in [1.807, 2.05) is 13.0 Å². The maximum absolute atomic E-state index is 12.1. The molecule has 0 saturated heterocycles. The maximum atomic E-state index is 12.1. The molecule has 0 unspecified atom stereocenters. The molecule has 5 nitrogen and oxygen atoms in total. The van der Waals surface area contributed by atoms with Crippen LogP contribution in [-0.2, 0) is 14.1 Å². The molecule has 0 aliphatic heterocycles. The molecule has 0 aliphatic carbocycles. The molecule has 0 N–H and O–H groups in total. The third-order valence-electron chi connectivity index (χ3n) is 2.60. The molecule has 17 heavy (non-hydrogen) atoms. The molecule has 2 heterocycles. The second-order valence-corrected chi connectivity index (χ2v) is 4.95. The van der Waals surface area contributed by atoms with Gasteiger partial charge in [-0.1, -0.05) is 6.92 Å². The first-order valence-corrected chi connectivity index (χ1v) is 6.24. The van der Waals surface area contributed by atoms with Gasteiger partial charge in [-0.25, -0.2) is 9.78 Å². The van der Waals surface area contributed by atoms with Crippen molar-refractivity contribution in [3.05, 3.63) is 33.1 Å². The zero-order valence-corrected chi connectivity index (χ0v) is 10.7. The number of rotatable bonds is 2. The van der Waals surface area contributed by atoms with Gasteiger partial charge in [0.15, 0.2) is 0 Å². The Morgan fingerprint density at radius 3 is 2.65 bits per heavy atom. The van der Waals surface area contributed by atoms with Crippen molar-refractivity contribution in [3.63, 3.8) is 0 Å². The summed E-state index contributed by atoms with van der Waals surface area (Å²) in [5.74, 6) is 0.866. The number of hydrogen-bond donors (Lipinski definition) is 0. The zero-order chi connectivity index (χ0) is 12.6. The SMILES string of the molecule is CCSc1ccnc2c1c(=O)n(C)c(=O)n2C. The molecule has 2 rings (SSSR count). The molecule has 0 fully saturated rings. The van der Waals surface area contributed by atoms with Crippen molar-refractivity contribution in [2.45, 2.75) is 11.8 Å². The van der Waals surface area contributed by atoms with Crippen LogP contribution >= 0.6 is 11.8 Å². The van der Waals surface area contributed by atoms with Gasteiger partial charge in [0.25, 0.3) is 5.56 Å². The Hall–Kier alpha value is -1.56. The Morgan fingerprint density at radius 2 is 2.00 bits per heavy atom. The lowest BCUT2D eigenvalue weighted by molar-refractivity contribution is 0.706. The molecular formula is C11H13N3O2S. The number of aromatic nitrogens is 3. The van der Waals surface area contributed by atoms with Crippen LogP contribution in [0.4, 0.5) is 0 Å². The minimum absolute atomic E-state index is 0.285. The molecule has 0 amide bonds. The summed E-state index contributed by atoms with van der Waals surface area (Å²) >= 11 is 1.57. The van der Waals surface area contributed by atoms with Crippen LogP contribution in [-0.4, -0.2) is 19.9 Å². The van der Waals surface area contributed by atoms with Crippen LogP contribution in [0.15, 0.2) is 26.7 Å². The summed E-state index contributed by atoms with van der Waals surface area (Å²) in [6.07, 6.45) is 1.62. The van der Waals surface area contributed by atoms with Gasteiger partial charge in [-0.15, -0.1) is 11.8 Å². The van der Waals surface area contributed by atoms with Crippen molar-refractivity contribution in [1.82, 2.24) is 14.1 Å². The minimum atomic E-state index is -0.353. The second-order valence-electron chi connectivity index (χ2n) is 3.65. The second kappa shape index (κ2) is 4.37. The fraction of sp³-hybridized carbons (Fsp3) is 0.364. The van der Waals surface area contributed by atoms with Gasteiger partial charge < -0.3 is 0 Å². The molecule has 0 saturated carbocycles. The van der Waals surface area contributed by atoms with Crippen molar-refractivity contribution in [2.24, 2.45) is 14.1 Å².